The first-order valence-electron chi connectivity index (χ1n) is 15.5. The molecule has 0 atom stereocenters. The van der Waals surface area contributed by atoms with Crippen LogP contribution in [-0.2, 0) is 14.1 Å². The van der Waals surface area contributed by atoms with Gasteiger partial charge in [0, 0.05) is 62.8 Å². The summed E-state index contributed by atoms with van der Waals surface area (Å²) in [5, 5.41) is 2.65. The first kappa shape index (κ1) is 30.8. The maximum atomic E-state index is 2.40. The molecule has 0 aliphatic carbocycles. The summed E-state index contributed by atoms with van der Waals surface area (Å²) in [7, 11) is 12.8. The molecule has 0 radical (unpaired) electrons. The Morgan fingerprint density at radius 1 is 0.556 bits per heavy atom. The summed E-state index contributed by atoms with van der Waals surface area (Å²) in [6.07, 6.45) is 7.81. The Bertz CT molecular complexity index is 1850. The molecule has 4 nitrogen and oxygen atoms in total. The molecule has 2 aromatic heterocycles. The number of nitrogens with zero attached hydrogens (tertiary/aromatic N) is 4. The van der Waals surface area contributed by atoms with E-state index in [2.05, 4.69) is 170 Å². The molecule has 45 heavy (non-hydrogen) atoms. The Kier molecular flexibility index (Phi) is 9.15. The summed E-state index contributed by atoms with van der Waals surface area (Å²) in [6, 6.07) is 35.2. The average molecular weight is 631 g/mol. The van der Waals surface area contributed by atoms with E-state index in [1.54, 1.807) is 0 Å². The van der Waals surface area contributed by atoms with E-state index in [1.165, 1.54) is 64.1 Å². The van der Waals surface area contributed by atoms with Gasteiger partial charge in [0.1, 0.15) is 23.5 Å². The molecule has 0 saturated carbocycles. The molecule has 0 bridgehead atoms. The lowest BCUT2D eigenvalue weighted by Gasteiger charge is -2.12. The number of hydrogen-bond acceptors (Lipinski definition) is 4. The van der Waals surface area contributed by atoms with Gasteiger partial charge in [-0.1, -0.05) is 71.2 Å². The highest BCUT2D eigenvalue weighted by Crippen LogP contribution is 2.34. The van der Waals surface area contributed by atoms with Gasteiger partial charge >= 0.3 is 0 Å². The van der Waals surface area contributed by atoms with Gasteiger partial charge in [-0.15, -0.1) is 0 Å². The van der Waals surface area contributed by atoms with E-state index in [1.807, 2.05) is 22.7 Å². The second-order valence-corrected chi connectivity index (χ2v) is 14.1. The SMILES string of the molecule is CN(C)c1ccc(/C=C(/CCC/C(=C\c2ccc(N(C)C)cc2)c2sc3ccccc3[n+]2C)c2sc3ccccc3[n+]2C)cc1. The second kappa shape index (κ2) is 13.4. The number of rotatable bonds is 10. The maximum absolute atomic E-state index is 2.40. The van der Waals surface area contributed by atoms with Crippen LogP contribution in [-0.4, -0.2) is 28.2 Å². The van der Waals surface area contributed by atoms with Crippen LogP contribution >= 0.6 is 22.7 Å². The number of thiazole rings is 2. The van der Waals surface area contributed by atoms with Crippen molar-refractivity contribution in [3.05, 3.63) is 118 Å². The smallest absolute Gasteiger partial charge is 0.265 e. The Hall–Kier alpha value is -4.26. The van der Waals surface area contributed by atoms with Crippen molar-refractivity contribution in [2.24, 2.45) is 14.1 Å². The van der Waals surface area contributed by atoms with Crippen molar-refractivity contribution < 1.29 is 9.13 Å². The molecule has 0 N–H and O–H groups in total. The highest BCUT2D eigenvalue weighted by atomic mass is 32.1. The molecular formula is C39H42N4S2+2. The van der Waals surface area contributed by atoms with Crippen LogP contribution in [0.1, 0.15) is 40.4 Å². The van der Waals surface area contributed by atoms with Crippen LogP contribution < -0.4 is 18.9 Å². The van der Waals surface area contributed by atoms with Gasteiger partial charge in [-0.3, -0.25) is 0 Å². The summed E-state index contributed by atoms with van der Waals surface area (Å²) in [4.78, 5) is 4.30. The summed E-state index contributed by atoms with van der Waals surface area (Å²) in [5.41, 5.74) is 10.2. The molecule has 228 valence electrons. The monoisotopic (exact) mass is 630 g/mol. The van der Waals surface area contributed by atoms with E-state index in [0.717, 1.165) is 19.3 Å². The molecule has 6 rings (SSSR count). The predicted octanol–water partition coefficient (Wildman–Crippen LogP) is 8.85. The molecule has 0 aliphatic heterocycles. The standard InChI is InChI=1S/C39H42N4S2/c1-40(2)32-22-18-28(19-23-32)26-30(38-42(5)34-14-7-9-16-36(34)44-38)12-11-13-31(27-29-20-24-33(25-21-29)41(3)4)39-43(6)35-15-8-10-17-37(35)45-39/h7-10,14-27H,11-13H2,1-6H3/q+2. The third kappa shape index (κ3) is 6.73. The highest BCUT2D eigenvalue weighted by molar-refractivity contribution is 7.19. The van der Waals surface area contributed by atoms with Gasteiger partial charge in [0.2, 0.25) is 11.0 Å². The van der Waals surface area contributed by atoms with E-state index < -0.39 is 0 Å². The fourth-order valence-electron chi connectivity index (χ4n) is 5.86. The van der Waals surface area contributed by atoms with Crippen LogP contribution in [0.2, 0.25) is 0 Å². The van der Waals surface area contributed by atoms with Gasteiger partial charge < -0.3 is 9.80 Å². The van der Waals surface area contributed by atoms with Crippen LogP contribution in [0, 0.1) is 0 Å². The molecule has 0 fully saturated rings. The second-order valence-electron chi connectivity index (χ2n) is 12.0. The van der Waals surface area contributed by atoms with Gasteiger partial charge in [0.05, 0.1) is 0 Å². The molecule has 4 aromatic carbocycles. The van der Waals surface area contributed by atoms with Crippen molar-refractivity contribution in [1.29, 1.82) is 0 Å². The molecule has 0 unspecified atom stereocenters. The Morgan fingerprint density at radius 3 is 1.29 bits per heavy atom. The summed E-state index contributed by atoms with van der Waals surface area (Å²) < 4.78 is 7.38. The minimum atomic E-state index is 0.988. The lowest BCUT2D eigenvalue weighted by atomic mass is 10.0. The van der Waals surface area contributed by atoms with E-state index in [0.29, 0.717) is 0 Å². The Morgan fingerprint density at radius 2 is 0.933 bits per heavy atom. The van der Waals surface area contributed by atoms with Crippen LogP contribution in [0.15, 0.2) is 97.1 Å². The normalized spacial score (nSPS) is 12.3. The van der Waals surface area contributed by atoms with Crippen LogP contribution in [0.3, 0.4) is 0 Å². The zero-order valence-electron chi connectivity index (χ0n) is 27.1. The minimum Gasteiger partial charge on any atom is -0.378 e. The fourth-order valence-corrected chi connectivity index (χ4v) is 8.24. The molecule has 0 amide bonds. The van der Waals surface area contributed by atoms with E-state index >= 15 is 0 Å². The predicted molar refractivity (Wildman–Crippen MR) is 197 cm³/mol. The zero-order valence-corrected chi connectivity index (χ0v) is 28.8. The number of para-hydroxylation sites is 2. The number of fused-ring (bicyclic) bond motifs is 2. The molecule has 0 aliphatic rings. The quantitative estimate of drug-likeness (QED) is 0.140. The van der Waals surface area contributed by atoms with E-state index in [9.17, 15) is 0 Å². The van der Waals surface area contributed by atoms with Gasteiger partial charge in [-0.2, -0.15) is 9.13 Å². The Labute approximate surface area is 275 Å². The lowest BCUT2D eigenvalue weighted by Crippen LogP contribution is -2.30. The summed E-state index contributed by atoms with van der Waals surface area (Å²) in [5.74, 6) is 0. The van der Waals surface area contributed by atoms with Crippen LogP contribution in [0.5, 0.6) is 0 Å². The number of hydrogen-bond donors (Lipinski definition) is 0. The first-order valence-corrected chi connectivity index (χ1v) is 17.1. The average Bonchev–Trinajstić information content (AvgIpc) is 3.57. The molecular weight excluding hydrogens is 589 g/mol. The maximum Gasteiger partial charge on any atom is 0.265 e. The van der Waals surface area contributed by atoms with Gasteiger partial charge in [-0.25, -0.2) is 0 Å². The number of anilines is 2. The van der Waals surface area contributed by atoms with Gasteiger partial charge in [-0.05, 0) is 78.9 Å². The third-order valence-electron chi connectivity index (χ3n) is 8.42. The Balaban J connectivity index is 1.35. The summed E-state index contributed by atoms with van der Waals surface area (Å²) in [6.45, 7) is 0. The van der Waals surface area contributed by atoms with Gasteiger partial charge in [0.15, 0.2) is 0 Å². The lowest BCUT2D eigenvalue weighted by molar-refractivity contribution is -0.642. The number of benzene rings is 4. The van der Waals surface area contributed by atoms with Crippen LogP contribution in [0.25, 0.3) is 43.7 Å². The van der Waals surface area contributed by atoms with E-state index in [-0.39, 0.29) is 0 Å². The van der Waals surface area contributed by atoms with Gasteiger partial charge in [0.25, 0.3) is 10.0 Å². The molecule has 2 heterocycles. The minimum absolute atomic E-state index is 0.988. The molecule has 0 saturated heterocycles. The number of allylic oxidation sites excluding steroid dienone is 2. The molecule has 6 heteroatoms. The van der Waals surface area contributed by atoms with Crippen molar-refractivity contribution in [3.8, 4) is 0 Å². The first-order chi connectivity index (χ1) is 21.8. The third-order valence-corrected chi connectivity index (χ3v) is 11.0. The molecule has 6 aromatic rings. The van der Waals surface area contributed by atoms with Crippen molar-refractivity contribution >= 4 is 77.8 Å². The topological polar surface area (TPSA) is 14.2 Å². The largest absolute Gasteiger partial charge is 0.378 e. The highest BCUT2D eigenvalue weighted by Gasteiger charge is 2.23. The number of aromatic nitrogens is 2. The number of aryl methyl sites for hydroxylation is 2. The zero-order chi connectivity index (χ0) is 31.5. The van der Waals surface area contributed by atoms with Crippen molar-refractivity contribution in [1.82, 2.24) is 0 Å². The van der Waals surface area contributed by atoms with Crippen molar-refractivity contribution in [3.63, 3.8) is 0 Å². The van der Waals surface area contributed by atoms with E-state index in [4.69, 9.17) is 0 Å². The molecule has 0 spiro atoms. The van der Waals surface area contributed by atoms with Crippen LogP contribution in [0.4, 0.5) is 11.4 Å². The fraction of sp³-hybridized carbons (Fsp3) is 0.231. The summed E-state index contributed by atoms with van der Waals surface area (Å²) >= 11 is 3.78. The van der Waals surface area contributed by atoms with Crippen molar-refractivity contribution in [2.75, 3.05) is 38.0 Å². The van der Waals surface area contributed by atoms with Crippen molar-refractivity contribution in [2.45, 2.75) is 19.3 Å².